The van der Waals surface area contributed by atoms with Gasteiger partial charge in [0.15, 0.2) is 0 Å². The van der Waals surface area contributed by atoms with Crippen molar-refractivity contribution in [2.24, 2.45) is 0 Å². The van der Waals surface area contributed by atoms with E-state index in [0.29, 0.717) is 23.4 Å². The number of nitro groups is 1. The second-order valence-electron chi connectivity index (χ2n) is 4.57. The summed E-state index contributed by atoms with van der Waals surface area (Å²) in [6.07, 6.45) is 2.76. The molecule has 0 spiro atoms. The molecule has 0 bridgehead atoms. The number of nitrogen functional groups attached to an aromatic ring is 1. The van der Waals surface area contributed by atoms with Crippen LogP contribution in [0.15, 0.2) is 24.5 Å². The summed E-state index contributed by atoms with van der Waals surface area (Å²) in [7, 11) is 0. The first-order chi connectivity index (χ1) is 10.0. The standard InChI is InChI=1S/C14H16N4O3/c1-3-5-10-13(15)16-8-17-14(10)21-12-9(2)6-4-7-11(12)18(19)20/h4,6-8H,3,5H2,1-2H3,(H2,15,16,17). The van der Waals surface area contributed by atoms with E-state index >= 15 is 0 Å². The maximum absolute atomic E-state index is 11.1. The fourth-order valence-corrected chi connectivity index (χ4v) is 1.99. The summed E-state index contributed by atoms with van der Waals surface area (Å²) in [5, 5.41) is 11.1. The van der Waals surface area contributed by atoms with Crippen molar-refractivity contribution in [3.63, 3.8) is 0 Å². The van der Waals surface area contributed by atoms with Gasteiger partial charge >= 0.3 is 5.69 Å². The first kappa shape index (κ1) is 14.7. The monoisotopic (exact) mass is 288 g/mol. The van der Waals surface area contributed by atoms with E-state index in [1.165, 1.54) is 12.4 Å². The van der Waals surface area contributed by atoms with Crippen LogP contribution in [0.1, 0.15) is 24.5 Å². The predicted molar refractivity (Wildman–Crippen MR) is 78.3 cm³/mol. The number of rotatable bonds is 5. The molecule has 2 rings (SSSR count). The number of hydrogen-bond donors (Lipinski definition) is 1. The lowest BCUT2D eigenvalue weighted by Gasteiger charge is -2.12. The van der Waals surface area contributed by atoms with Crippen LogP contribution in [-0.2, 0) is 6.42 Å². The molecule has 0 radical (unpaired) electrons. The van der Waals surface area contributed by atoms with Crippen LogP contribution < -0.4 is 10.5 Å². The molecule has 0 atom stereocenters. The largest absolute Gasteiger partial charge is 0.431 e. The highest BCUT2D eigenvalue weighted by Crippen LogP contribution is 2.35. The van der Waals surface area contributed by atoms with Gasteiger partial charge in [-0.05, 0) is 18.9 Å². The fraction of sp³-hybridized carbons (Fsp3) is 0.286. The summed E-state index contributed by atoms with van der Waals surface area (Å²) < 4.78 is 5.69. The molecule has 0 amide bonds. The quantitative estimate of drug-likeness (QED) is 0.669. The van der Waals surface area contributed by atoms with Crippen molar-refractivity contribution in [3.05, 3.63) is 45.8 Å². The van der Waals surface area contributed by atoms with Crippen LogP contribution in [0.25, 0.3) is 0 Å². The van der Waals surface area contributed by atoms with Crippen LogP contribution in [0.5, 0.6) is 11.6 Å². The molecular weight excluding hydrogens is 272 g/mol. The first-order valence-electron chi connectivity index (χ1n) is 6.55. The van der Waals surface area contributed by atoms with Gasteiger partial charge in [0.05, 0.1) is 10.5 Å². The van der Waals surface area contributed by atoms with Crippen LogP contribution in [0.2, 0.25) is 0 Å². The Bertz CT molecular complexity index is 673. The molecule has 0 saturated heterocycles. The molecule has 7 heteroatoms. The minimum Gasteiger partial charge on any atom is -0.431 e. The van der Waals surface area contributed by atoms with Gasteiger partial charge in [-0.1, -0.05) is 25.5 Å². The number of ether oxygens (including phenoxy) is 1. The van der Waals surface area contributed by atoms with Gasteiger partial charge in [0, 0.05) is 6.07 Å². The van der Waals surface area contributed by atoms with Crippen molar-refractivity contribution < 1.29 is 9.66 Å². The highest BCUT2D eigenvalue weighted by atomic mass is 16.6. The normalized spacial score (nSPS) is 10.4. The lowest BCUT2D eigenvalue weighted by Crippen LogP contribution is -2.04. The Morgan fingerprint density at radius 1 is 1.38 bits per heavy atom. The minimum absolute atomic E-state index is 0.102. The van der Waals surface area contributed by atoms with Gasteiger partial charge in [-0.15, -0.1) is 0 Å². The highest BCUT2D eigenvalue weighted by Gasteiger charge is 2.20. The van der Waals surface area contributed by atoms with E-state index in [4.69, 9.17) is 10.5 Å². The lowest BCUT2D eigenvalue weighted by molar-refractivity contribution is -0.385. The van der Waals surface area contributed by atoms with Crippen molar-refractivity contribution in [2.75, 3.05) is 5.73 Å². The molecule has 1 aromatic carbocycles. The van der Waals surface area contributed by atoms with Gasteiger partial charge in [0.25, 0.3) is 0 Å². The molecule has 2 N–H and O–H groups in total. The van der Waals surface area contributed by atoms with E-state index in [1.807, 2.05) is 6.92 Å². The number of hydrogen-bond acceptors (Lipinski definition) is 6. The lowest BCUT2D eigenvalue weighted by atomic mass is 10.1. The molecule has 0 fully saturated rings. The summed E-state index contributed by atoms with van der Waals surface area (Å²) in [6, 6.07) is 4.75. The third-order valence-electron chi connectivity index (χ3n) is 3.03. The smallest absolute Gasteiger partial charge is 0.311 e. The highest BCUT2D eigenvalue weighted by molar-refractivity contribution is 5.54. The summed E-state index contributed by atoms with van der Waals surface area (Å²) in [4.78, 5) is 18.6. The fourth-order valence-electron chi connectivity index (χ4n) is 1.99. The molecule has 0 aliphatic heterocycles. The van der Waals surface area contributed by atoms with Crippen LogP contribution in [-0.4, -0.2) is 14.9 Å². The Hall–Kier alpha value is -2.70. The summed E-state index contributed by atoms with van der Waals surface area (Å²) in [5.41, 5.74) is 7.05. The van der Waals surface area contributed by atoms with Crippen LogP contribution >= 0.6 is 0 Å². The molecule has 1 heterocycles. The zero-order chi connectivity index (χ0) is 15.4. The van der Waals surface area contributed by atoms with Crippen molar-refractivity contribution >= 4 is 11.5 Å². The van der Waals surface area contributed by atoms with Gasteiger partial charge in [-0.3, -0.25) is 10.1 Å². The molecule has 21 heavy (non-hydrogen) atoms. The third-order valence-corrected chi connectivity index (χ3v) is 3.03. The summed E-state index contributed by atoms with van der Waals surface area (Å²) in [6.45, 7) is 3.73. The zero-order valence-electron chi connectivity index (χ0n) is 11.9. The maximum Gasteiger partial charge on any atom is 0.311 e. The maximum atomic E-state index is 11.1. The van der Waals surface area contributed by atoms with Gasteiger partial charge in [0.1, 0.15) is 12.1 Å². The number of para-hydroxylation sites is 1. The number of anilines is 1. The third kappa shape index (κ3) is 3.07. The Morgan fingerprint density at radius 2 is 2.14 bits per heavy atom. The predicted octanol–water partition coefficient (Wildman–Crippen LogP) is 3.02. The Balaban J connectivity index is 2.48. The number of nitrogens with zero attached hydrogens (tertiary/aromatic N) is 3. The Morgan fingerprint density at radius 3 is 2.81 bits per heavy atom. The van der Waals surface area contributed by atoms with Crippen LogP contribution in [0, 0.1) is 17.0 Å². The molecule has 110 valence electrons. The number of benzene rings is 1. The second kappa shape index (κ2) is 6.17. The summed E-state index contributed by atoms with van der Waals surface area (Å²) in [5.74, 6) is 0.776. The Kier molecular flexibility index (Phi) is 4.32. The molecule has 7 nitrogen and oxygen atoms in total. The van der Waals surface area contributed by atoms with Gasteiger partial charge < -0.3 is 10.5 Å². The summed E-state index contributed by atoms with van der Waals surface area (Å²) >= 11 is 0. The van der Waals surface area contributed by atoms with Crippen molar-refractivity contribution in [1.82, 2.24) is 9.97 Å². The SMILES string of the molecule is CCCc1c(N)ncnc1Oc1c(C)cccc1[N+](=O)[O-]. The van der Waals surface area contributed by atoms with Crippen molar-refractivity contribution in [3.8, 4) is 11.6 Å². The Labute approximate surface area is 121 Å². The minimum atomic E-state index is -0.480. The number of nitro benzene ring substituents is 1. The topological polar surface area (TPSA) is 104 Å². The van der Waals surface area contributed by atoms with E-state index in [0.717, 1.165) is 6.42 Å². The van der Waals surface area contributed by atoms with E-state index in [9.17, 15) is 10.1 Å². The number of aromatic nitrogens is 2. The van der Waals surface area contributed by atoms with E-state index < -0.39 is 4.92 Å². The van der Waals surface area contributed by atoms with Crippen molar-refractivity contribution in [1.29, 1.82) is 0 Å². The van der Waals surface area contributed by atoms with E-state index in [-0.39, 0.29) is 17.3 Å². The molecule has 2 aromatic rings. The van der Waals surface area contributed by atoms with Gasteiger partial charge in [0.2, 0.25) is 11.6 Å². The number of aryl methyl sites for hydroxylation is 1. The van der Waals surface area contributed by atoms with Gasteiger partial charge in [-0.2, -0.15) is 0 Å². The molecule has 0 aliphatic carbocycles. The van der Waals surface area contributed by atoms with Crippen LogP contribution in [0.4, 0.5) is 11.5 Å². The average molecular weight is 288 g/mol. The van der Waals surface area contributed by atoms with Gasteiger partial charge in [-0.25, -0.2) is 9.97 Å². The zero-order valence-corrected chi connectivity index (χ0v) is 11.9. The molecule has 0 aliphatic rings. The molecular formula is C14H16N4O3. The molecule has 0 unspecified atom stereocenters. The second-order valence-corrected chi connectivity index (χ2v) is 4.57. The van der Waals surface area contributed by atoms with E-state index in [1.54, 1.807) is 19.1 Å². The average Bonchev–Trinajstić information content (AvgIpc) is 2.44. The van der Waals surface area contributed by atoms with Crippen LogP contribution in [0.3, 0.4) is 0 Å². The number of nitrogens with two attached hydrogens (primary N) is 1. The van der Waals surface area contributed by atoms with Crippen molar-refractivity contribution in [2.45, 2.75) is 26.7 Å². The van der Waals surface area contributed by atoms with E-state index in [2.05, 4.69) is 9.97 Å². The molecule has 1 aromatic heterocycles. The molecule has 0 saturated carbocycles. The first-order valence-corrected chi connectivity index (χ1v) is 6.55.